The number of nitrogens with one attached hydrogen (secondary N) is 2. The first-order valence-electron chi connectivity index (χ1n) is 10.8. The van der Waals surface area contributed by atoms with Crippen LogP contribution in [-0.2, 0) is 9.59 Å². The van der Waals surface area contributed by atoms with Gasteiger partial charge in [-0.05, 0) is 49.9 Å². The zero-order chi connectivity index (χ0) is 23.3. The number of hydrogen-bond acceptors (Lipinski definition) is 4. The summed E-state index contributed by atoms with van der Waals surface area (Å²) in [7, 11) is 0. The number of carbonyl (C=O) groups is 3. The van der Waals surface area contributed by atoms with Gasteiger partial charge in [-0.25, -0.2) is 4.98 Å². The number of aryl methyl sites for hydroxylation is 1. The molecule has 32 heavy (non-hydrogen) atoms. The van der Waals surface area contributed by atoms with Crippen LogP contribution in [0.3, 0.4) is 0 Å². The van der Waals surface area contributed by atoms with Gasteiger partial charge in [0.2, 0.25) is 11.8 Å². The zero-order valence-corrected chi connectivity index (χ0v) is 19.4. The Hall–Kier alpha value is -2.93. The van der Waals surface area contributed by atoms with E-state index in [2.05, 4.69) is 15.6 Å². The van der Waals surface area contributed by atoms with Gasteiger partial charge < -0.3 is 15.5 Å². The molecule has 1 aromatic carbocycles. The molecule has 2 N–H and O–H groups in total. The number of halogens is 1. The molecule has 8 heteroatoms. The first-order valence-corrected chi connectivity index (χ1v) is 11.2. The van der Waals surface area contributed by atoms with Crippen LogP contribution in [0.15, 0.2) is 42.6 Å². The molecule has 1 saturated heterocycles. The van der Waals surface area contributed by atoms with Crippen LogP contribution in [0.5, 0.6) is 0 Å². The van der Waals surface area contributed by atoms with Crippen molar-refractivity contribution >= 4 is 35.1 Å². The predicted octanol–water partition coefficient (Wildman–Crippen LogP) is 3.68. The quantitative estimate of drug-likeness (QED) is 0.693. The third-order valence-corrected chi connectivity index (χ3v) is 5.81. The first-order chi connectivity index (χ1) is 15.2. The van der Waals surface area contributed by atoms with Crippen molar-refractivity contribution < 1.29 is 14.4 Å². The molecule has 7 nitrogen and oxygen atoms in total. The van der Waals surface area contributed by atoms with Crippen LogP contribution in [-0.4, -0.2) is 46.7 Å². The fourth-order valence-electron chi connectivity index (χ4n) is 3.79. The number of hydrogen-bond donors (Lipinski definition) is 2. The maximum Gasteiger partial charge on any atom is 0.251 e. The monoisotopic (exact) mass is 456 g/mol. The van der Waals surface area contributed by atoms with Crippen LogP contribution in [0.1, 0.15) is 42.6 Å². The van der Waals surface area contributed by atoms with Crippen molar-refractivity contribution in [2.45, 2.75) is 39.7 Å². The van der Waals surface area contributed by atoms with Gasteiger partial charge in [0.15, 0.2) is 0 Å². The summed E-state index contributed by atoms with van der Waals surface area (Å²) < 4.78 is 0. The highest BCUT2D eigenvalue weighted by molar-refractivity contribution is 6.30. The molecule has 3 amide bonds. The second-order valence-corrected chi connectivity index (χ2v) is 8.98. The van der Waals surface area contributed by atoms with Crippen LogP contribution in [0.4, 0.5) is 5.82 Å². The Labute approximate surface area is 193 Å². The van der Waals surface area contributed by atoms with E-state index in [-0.39, 0.29) is 29.6 Å². The summed E-state index contributed by atoms with van der Waals surface area (Å²) in [5.41, 5.74) is 1.50. The molecule has 0 saturated carbocycles. The molecule has 0 bridgehead atoms. The van der Waals surface area contributed by atoms with Crippen molar-refractivity contribution in [1.29, 1.82) is 0 Å². The average molecular weight is 457 g/mol. The van der Waals surface area contributed by atoms with Crippen molar-refractivity contribution in [1.82, 2.24) is 15.2 Å². The van der Waals surface area contributed by atoms with E-state index in [0.717, 1.165) is 5.56 Å². The molecule has 3 rings (SSSR count). The molecule has 2 atom stereocenters. The van der Waals surface area contributed by atoms with Gasteiger partial charge in [0, 0.05) is 24.8 Å². The number of piperidine rings is 1. The van der Waals surface area contributed by atoms with Gasteiger partial charge in [0.05, 0.1) is 10.9 Å². The number of rotatable bonds is 6. The fourth-order valence-corrected chi connectivity index (χ4v) is 3.90. The van der Waals surface area contributed by atoms with E-state index in [4.69, 9.17) is 11.6 Å². The van der Waals surface area contributed by atoms with Gasteiger partial charge in [-0.1, -0.05) is 43.1 Å². The van der Waals surface area contributed by atoms with Gasteiger partial charge in [0.1, 0.15) is 11.9 Å². The number of carbonyl (C=O) groups excluding carboxylic acids is 3. The molecule has 0 aliphatic carbocycles. The molecule has 2 aromatic rings. The average Bonchev–Trinajstić information content (AvgIpc) is 2.78. The summed E-state index contributed by atoms with van der Waals surface area (Å²) in [6.45, 7) is 6.59. The van der Waals surface area contributed by atoms with E-state index >= 15 is 0 Å². The third-order valence-electron chi connectivity index (χ3n) is 5.58. The molecule has 0 radical (unpaired) electrons. The van der Waals surface area contributed by atoms with E-state index in [9.17, 15) is 14.4 Å². The summed E-state index contributed by atoms with van der Waals surface area (Å²) in [5, 5.41) is 6.18. The molecule has 2 unspecified atom stereocenters. The van der Waals surface area contributed by atoms with E-state index in [1.54, 1.807) is 29.2 Å². The van der Waals surface area contributed by atoms with E-state index < -0.39 is 6.04 Å². The maximum absolute atomic E-state index is 13.3. The largest absolute Gasteiger partial charge is 0.340 e. The molecule has 1 fully saturated rings. The molecule has 2 heterocycles. The highest BCUT2D eigenvalue weighted by Gasteiger charge is 2.34. The van der Waals surface area contributed by atoms with Gasteiger partial charge in [0.25, 0.3) is 5.91 Å². The van der Waals surface area contributed by atoms with Gasteiger partial charge in [-0.2, -0.15) is 0 Å². The second-order valence-electron chi connectivity index (χ2n) is 8.54. The first kappa shape index (κ1) is 23.7. The van der Waals surface area contributed by atoms with E-state index in [0.29, 0.717) is 42.3 Å². The molecule has 0 spiro atoms. The Kier molecular flexibility index (Phi) is 7.85. The standard InChI is InChI=1S/C24H29ClN4O3/c1-15(2)21(28-22(30)17-7-4-6-16(3)12-17)24(32)29-11-5-8-18(14-29)23(31)27-20-10-9-19(25)13-26-20/h4,6-7,9-10,12-13,15,18,21H,5,8,11,14H2,1-3H3,(H,28,30)(H,26,27,31). The van der Waals surface area contributed by atoms with Crippen molar-refractivity contribution in [3.05, 3.63) is 58.7 Å². The predicted molar refractivity (Wildman–Crippen MR) is 124 cm³/mol. The Morgan fingerprint density at radius 3 is 2.62 bits per heavy atom. The van der Waals surface area contributed by atoms with Crippen LogP contribution >= 0.6 is 11.6 Å². The molecule has 1 aliphatic heterocycles. The number of benzene rings is 1. The fraction of sp³-hybridized carbons (Fsp3) is 0.417. The van der Waals surface area contributed by atoms with Crippen LogP contribution in [0.2, 0.25) is 5.02 Å². The van der Waals surface area contributed by atoms with Crippen molar-refractivity contribution in [3.63, 3.8) is 0 Å². The SMILES string of the molecule is Cc1cccc(C(=O)NC(C(=O)N2CCCC(C(=O)Nc3ccc(Cl)cn3)C2)C(C)C)c1. The lowest BCUT2D eigenvalue weighted by Gasteiger charge is -2.35. The zero-order valence-electron chi connectivity index (χ0n) is 18.6. The Balaban J connectivity index is 1.65. The highest BCUT2D eigenvalue weighted by Crippen LogP contribution is 2.21. The number of pyridine rings is 1. The lowest BCUT2D eigenvalue weighted by atomic mass is 9.94. The molecule has 1 aliphatic rings. The second kappa shape index (κ2) is 10.6. The number of anilines is 1. The van der Waals surface area contributed by atoms with Crippen molar-refractivity contribution in [3.8, 4) is 0 Å². The summed E-state index contributed by atoms with van der Waals surface area (Å²) in [6.07, 6.45) is 2.87. The van der Waals surface area contributed by atoms with Gasteiger partial charge in [-0.15, -0.1) is 0 Å². The third kappa shape index (κ3) is 6.07. The number of amides is 3. The highest BCUT2D eigenvalue weighted by atomic mass is 35.5. The summed E-state index contributed by atoms with van der Waals surface area (Å²) >= 11 is 5.84. The summed E-state index contributed by atoms with van der Waals surface area (Å²) in [4.78, 5) is 44.5. The summed E-state index contributed by atoms with van der Waals surface area (Å²) in [6, 6.07) is 9.90. The van der Waals surface area contributed by atoms with Crippen LogP contribution < -0.4 is 10.6 Å². The lowest BCUT2D eigenvalue weighted by Crippen LogP contribution is -2.54. The molecular formula is C24H29ClN4O3. The Morgan fingerprint density at radius 1 is 1.19 bits per heavy atom. The Bertz CT molecular complexity index is 977. The van der Waals surface area contributed by atoms with E-state index in [1.165, 1.54) is 6.20 Å². The number of aromatic nitrogens is 1. The topological polar surface area (TPSA) is 91.4 Å². The normalized spacial score (nSPS) is 17.0. The maximum atomic E-state index is 13.3. The van der Waals surface area contributed by atoms with Gasteiger partial charge >= 0.3 is 0 Å². The smallest absolute Gasteiger partial charge is 0.251 e. The molecule has 170 valence electrons. The number of likely N-dealkylation sites (tertiary alicyclic amines) is 1. The summed E-state index contributed by atoms with van der Waals surface area (Å²) in [5.74, 6) is -0.631. The Morgan fingerprint density at radius 2 is 1.97 bits per heavy atom. The minimum atomic E-state index is -0.664. The van der Waals surface area contributed by atoms with Crippen LogP contribution in [0.25, 0.3) is 0 Å². The lowest BCUT2D eigenvalue weighted by molar-refractivity contribution is -0.137. The minimum absolute atomic E-state index is 0.0938. The molecular weight excluding hydrogens is 428 g/mol. The van der Waals surface area contributed by atoms with Crippen molar-refractivity contribution in [2.24, 2.45) is 11.8 Å². The van der Waals surface area contributed by atoms with Gasteiger partial charge in [-0.3, -0.25) is 14.4 Å². The minimum Gasteiger partial charge on any atom is -0.340 e. The number of nitrogens with zero attached hydrogens (tertiary/aromatic N) is 2. The van der Waals surface area contributed by atoms with Crippen molar-refractivity contribution in [2.75, 3.05) is 18.4 Å². The molecule has 1 aromatic heterocycles. The van der Waals surface area contributed by atoms with E-state index in [1.807, 2.05) is 32.9 Å². The van der Waals surface area contributed by atoms with Crippen LogP contribution in [0, 0.1) is 18.8 Å².